The van der Waals surface area contributed by atoms with E-state index in [4.69, 9.17) is 14.5 Å². The van der Waals surface area contributed by atoms with E-state index in [0.717, 1.165) is 37.6 Å². The van der Waals surface area contributed by atoms with E-state index in [1.54, 1.807) is 0 Å². The van der Waals surface area contributed by atoms with Gasteiger partial charge in [0.25, 0.3) is 0 Å². The van der Waals surface area contributed by atoms with Crippen molar-refractivity contribution in [1.82, 2.24) is 15.1 Å². The predicted molar refractivity (Wildman–Crippen MR) is 144 cm³/mol. The van der Waals surface area contributed by atoms with Crippen LogP contribution in [0.15, 0.2) is 72.1 Å². The maximum Gasteiger partial charge on any atom is 0.154 e. The summed E-state index contributed by atoms with van der Waals surface area (Å²) in [6.45, 7) is 8.69. The Hall–Kier alpha value is -2.23. The molecular formula is C27H34IN3O3. The number of nitrogens with one attached hydrogen (secondary N) is 1. The number of ether oxygens (including phenoxy) is 1. The molecule has 2 aliphatic heterocycles. The van der Waals surface area contributed by atoms with Gasteiger partial charge in [-0.2, -0.15) is 4.89 Å². The Labute approximate surface area is 216 Å². The highest BCUT2D eigenvalue weighted by Gasteiger charge is 2.31. The molecule has 182 valence electrons. The lowest BCUT2D eigenvalue weighted by Gasteiger charge is -2.30. The molecule has 2 heterocycles. The van der Waals surface area contributed by atoms with Crippen LogP contribution in [0.3, 0.4) is 0 Å². The molecule has 0 radical (unpaired) electrons. The van der Waals surface area contributed by atoms with Crippen LogP contribution in [-0.4, -0.2) is 46.8 Å². The van der Waals surface area contributed by atoms with Gasteiger partial charge >= 0.3 is 0 Å². The Morgan fingerprint density at radius 3 is 2.68 bits per heavy atom. The van der Waals surface area contributed by atoms with Gasteiger partial charge in [-0.05, 0) is 65.3 Å². The third-order valence-corrected chi connectivity index (χ3v) is 6.88. The van der Waals surface area contributed by atoms with Gasteiger partial charge in [0.1, 0.15) is 12.4 Å². The quantitative estimate of drug-likeness (QED) is 0.156. The summed E-state index contributed by atoms with van der Waals surface area (Å²) in [5.41, 5.74) is 4.96. The van der Waals surface area contributed by atoms with Crippen molar-refractivity contribution in [1.29, 1.82) is 0 Å². The van der Waals surface area contributed by atoms with Crippen molar-refractivity contribution in [3.63, 3.8) is 0 Å². The van der Waals surface area contributed by atoms with E-state index in [-0.39, 0.29) is 4.17 Å². The zero-order valence-corrected chi connectivity index (χ0v) is 22.2. The molecule has 0 saturated heterocycles. The highest BCUT2D eigenvalue weighted by Crippen LogP contribution is 2.32. The smallest absolute Gasteiger partial charge is 0.154 e. The van der Waals surface area contributed by atoms with Crippen molar-refractivity contribution in [2.75, 3.05) is 32.8 Å². The summed E-state index contributed by atoms with van der Waals surface area (Å²) in [5, 5.41) is 3.74. The average molecular weight is 575 g/mol. The Morgan fingerprint density at radius 2 is 1.94 bits per heavy atom. The number of unbranched alkanes of at least 4 members (excludes halogenated alkanes) is 1. The van der Waals surface area contributed by atoms with Gasteiger partial charge in [-0.15, -0.1) is 0 Å². The highest BCUT2D eigenvalue weighted by atomic mass is 127. The van der Waals surface area contributed by atoms with Crippen LogP contribution in [0.25, 0.3) is 5.70 Å². The minimum absolute atomic E-state index is 0.225. The van der Waals surface area contributed by atoms with E-state index >= 15 is 0 Å². The third-order valence-electron chi connectivity index (χ3n) is 5.90. The molecule has 0 amide bonds. The zero-order chi connectivity index (χ0) is 23.8. The van der Waals surface area contributed by atoms with Gasteiger partial charge < -0.3 is 19.8 Å². The van der Waals surface area contributed by atoms with Crippen LogP contribution in [0.5, 0.6) is 5.75 Å². The zero-order valence-electron chi connectivity index (χ0n) is 20.0. The Balaban J connectivity index is 1.64. The van der Waals surface area contributed by atoms with Crippen LogP contribution >= 0.6 is 22.6 Å². The molecule has 0 bridgehead atoms. The molecule has 0 saturated carbocycles. The average Bonchev–Trinajstić information content (AvgIpc) is 3.46. The van der Waals surface area contributed by atoms with Gasteiger partial charge in [0, 0.05) is 19.6 Å². The van der Waals surface area contributed by atoms with E-state index in [2.05, 4.69) is 93.2 Å². The molecule has 4 rings (SSSR count). The number of rotatable bonds is 12. The lowest BCUT2D eigenvalue weighted by Crippen LogP contribution is -2.37. The van der Waals surface area contributed by atoms with Crippen LogP contribution in [-0.2, 0) is 16.3 Å². The summed E-state index contributed by atoms with van der Waals surface area (Å²) in [4.78, 5) is 15.5. The molecule has 2 aromatic carbocycles. The van der Waals surface area contributed by atoms with Gasteiger partial charge in [0.05, 0.1) is 24.5 Å². The minimum Gasteiger partial charge on any atom is -0.494 e. The molecule has 0 fully saturated rings. The SMILES string of the molecule is CCCCN1C(CN(CC2=CCOO2)Cc2cccc(OCC)c2)=C(c2ccccc2)NC1I. The van der Waals surface area contributed by atoms with Crippen LogP contribution in [0.1, 0.15) is 37.8 Å². The second-order valence-corrected chi connectivity index (χ2v) is 9.66. The molecule has 0 spiro atoms. The fourth-order valence-corrected chi connectivity index (χ4v) is 5.21. The number of nitrogens with zero attached hydrogens (tertiary/aromatic N) is 2. The largest absolute Gasteiger partial charge is 0.494 e. The second kappa shape index (κ2) is 12.5. The van der Waals surface area contributed by atoms with Crippen LogP contribution in [0.2, 0.25) is 0 Å². The van der Waals surface area contributed by atoms with E-state index < -0.39 is 0 Å². The summed E-state index contributed by atoms with van der Waals surface area (Å²) >= 11 is 2.51. The van der Waals surface area contributed by atoms with E-state index in [1.165, 1.54) is 28.9 Å². The molecule has 1 atom stereocenters. The summed E-state index contributed by atoms with van der Waals surface area (Å²) in [5.74, 6) is 1.77. The molecule has 7 heteroatoms. The van der Waals surface area contributed by atoms with E-state index in [0.29, 0.717) is 19.8 Å². The standard InChI is InChI=1S/C27H34IN3O3/c1-3-5-15-31-25(26(29-27(31)28)22-11-7-6-8-12-22)20-30(19-24-14-16-33-34-24)18-21-10-9-13-23(17-21)32-4-2/h6-14,17,27,29H,3-5,15-16,18-20H2,1-2H3. The van der Waals surface area contributed by atoms with Gasteiger partial charge in [-0.25, -0.2) is 0 Å². The Bertz CT molecular complexity index is 996. The molecule has 0 aromatic heterocycles. The number of hydrogen-bond acceptors (Lipinski definition) is 6. The third kappa shape index (κ3) is 6.46. The topological polar surface area (TPSA) is 46.2 Å². The second-order valence-electron chi connectivity index (χ2n) is 8.48. The highest BCUT2D eigenvalue weighted by molar-refractivity contribution is 14.1. The Kier molecular flexibility index (Phi) is 9.12. The summed E-state index contributed by atoms with van der Waals surface area (Å²) < 4.78 is 5.97. The van der Waals surface area contributed by atoms with Crippen LogP contribution in [0, 0.1) is 0 Å². The molecule has 0 aliphatic carbocycles. The monoisotopic (exact) mass is 575 g/mol. The number of alkyl halides is 1. The van der Waals surface area contributed by atoms with Crippen molar-refractivity contribution >= 4 is 28.3 Å². The first-order valence-corrected chi connectivity index (χ1v) is 13.3. The van der Waals surface area contributed by atoms with Crippen molar-refractivity contribution in [3.05, 3.63) is 83.3 Å². The summed E-state index contributed by atoms with van der Waals surface area (Å²) in [7, 11) is 0. The molecular weight excluding hydrogens is 541 g/mol. The molecule has 1 unspecified atom stereocenters. The number of hydrogen-bond donors (Lipinski definition) is 1. The first kappa shape index (κ1) is 24.9. The molecule has 2 aliphatic rings. The molecule has 2 aromatic rings. The maximum atomic E-state index is 5.74. The first-order valence-electron chi connectivity index (χ1n) is 12.1. The normalized spacial score (nSPS) is 17.7. The van der Waals surface area contributed by atoms with Crippen LogP contribution in [0.4, 0.5) is 0 Å². The van der Waals surface area contributed by atoms with Crippen molar-refractivity contribution in [3.8, 4) is 5.75 Å². The summed E-state index contributed by atoms with van der Waals surface area (Å²) in [6, 6.07) is 19.0. The minimum atomic E-state index is 0.225. The van der Waals surface area contributed by atoms with Gasteiger partial charge in [0.15, 0.2) is 9.93 Å². The fourth-order valence-electron chi connectivity index (χ4n) is 4.28. The van der Waals surface area contributed by atoms with Gasteiger partial charge in [0.2, 0.25) is 0 Å². The van der Waals surface area contributed by atoms with Gasteiger partial charge in [-0.3, -0.25) is 4.90 Å². The lowest BCUT2D eigenvalue weighted by atomic mass is 10.1. The number of halogens is 1. The number of benzene rings is 2. The van der Waals surface area contributed by atoms with Gasteiger partial charge in [-0.1, -0.05) is 55.8 Å². The first-order chi connectivity index (χ1) is 16.7. The van der Waals surface area contributed by atoms with E-state index in [1.807, 2.05) is 19.1 Å². The van der Waals surface area contributed by atoms with Crippen molar-refractivity contribution in [2.24, 2.45) is 0 Å². The van der Waals surface area contributed by atoms with Crippen molar-refractivity contribution in [2.45, 2.75) is 37.4 Å². The Morgan fingerprint density at radius 1 is 1.09 bits per heavy atom. The summed E-state index contributed by atoms with van der Waals surface area (Å²) in [6.07, 6.45) is 4.34. The maximum absolute atomic E-state index is 5.74. The van der Waals surface area contributed by atoms with E-state index in [9.17, 15) is 0 Å². The van der Waals surface area contributed by atoms with Crippen LogP contribution < -0.4 is 10.1 Å². The fraction of sp³-hybridized carbons (Fsp3) is 0.407. The van der Waals surface area contributed by atoms with Crippen molar-refractivity contribution < 1.29 is 14.5 Å². The molecule has 6 nitrogen and oxygen atoms in total. The molecule has 34 heavy (non-hydrogen) atoms. The lowest BCUT2D eigenvalue weighted by molar-refractivity contribution is -0.236. The predicted octanol–water partition coefficient (Wildman–Crippen LogP) is 5.53. The molecule has 1 N–H and O–H groups in total.